The van der Waals surface area contributed by atoms with Gasteiger partial charge in [-0.1, -0.05) is 18.2 Å². The van der Waals surface area contributed by atoms with Crippen molar-refractivity contribution in [2.45, 2.75) is 0 Å². The Morgan fingerprint density at radius 3 is 2.47 bits per heavy atom. The SMILES string of the molecule is C/N=C1\CN(c2ccccc2)C(=O)N1C. The molecule has 0 N–H and O–H groups in total. The number of hydrogen-bond acceptors (Lipinski definition) is 2. The van der Waals surface area contributed by atoms with Crippen LogP contribution in [0.25, 0.3) is 0 Å². The molecule has 0 unspecified atom stereocenters. The van der Waals surface area contributed by atoms with Crippen LogP contribution in [0.1, 0.15) is 0 Å². The predicted octanol–water partition coefficient (Wildman–Crippen LogP) is 1.59. The van der Waals surface area contributed by atoms with E-state index in [-0.39, 0.29) is 6.03 Å². The first-order chi connectivity index (χ1) is 7.24. The Morgan fingerprint density at radius 1 is 1.27 bits per heavy atom. The maximum atomic E-state index is 11.8. The number of nitrogens with zero attached hydrogens (tertiary/aromatic N) is 3. The molecule has 4 nitrogen and oxygen atoms in total. The van der Waals surface area contributed by atoms with E-state index in [9.17, 15) is 4.79 Å². The number of para-hydroxylation sites is 1. The summed E-state index contributed by atoms with van der Waals surface area (Å²) < 4.78 is 0. The van der Waals surface area contributed by atoms with E-state index in [1.807, 2.05) is 30.3 Å². The van der Waals surface area contributed by atoms with Gasteiger partial charge in [-0.05, 0) is 12.1 Å². The normalized spacial score (nSPS) is 19.1. The van der Waals surface area contributed by atoms with E-state index in [4.69, 9.17) is 0 Å². The van der Waals surface area contributed by atoms with E-state index in [1.165, 1.54) is 0 Å². The van der Waals surface area contributed by atoms with Gasteiger partial charge < -0.3 is 0 Å². The van der Waals surface area contributed by atoms with Gasteiger partial charge >= 0.3 is 6.03 Å². The van der Waals surface area contributed by atoms with Crippen molar-refractivity contribution in [3.63, 3.8) is 0 Å². The first-order valence-corrected chi connectivity index (χ1v) is 4.80. The van der Waals surface area contributed by atoms with Crippen LogP contribution in [0.3, 0.4) is 0 Å². The van der Waals surface area contributed by atoms with Crippen LogP contribution in [-0.4, -0.2) is 37.4 Å². The molecule has 0 spiro atoms. The summed E-state index contributed by atoms with van der Waals surface area (Å²) in [5, 5.41) is 0. The van der Waals surface area contributed by atoms with E-state index < -0.39 is 0 Å². The van der Waals surface area contributed by atoms with E-state index in [0.717, 1.165) is 11.5 Å². The number of amides is 2. The van der Waals surface area contributed by atoms with Crippen LogP contribution in [0.4, 0.5) is 10.5 Å². The summed E-state index contributed by atoms with van der Waals surface area (Å²) in [6.45, 7) is 0.551. The topological polar surface area (TPSA) is 35.9 Å². The largest absolute Gasteiger partial charge is 0.330 e. The lowest BCUT2D eigenvalue weighted by Gasteiger charge is -2.14. The molecule has 2 rings (SSSR count). The second kappa shape index (κ2) is 3.73. The highest BCUT2D eigenvalue weighted by Crippen LogP contribution is 2.19. The van der Waals surface area contributed by atoms with Gasteiger partial charge in [0.2, 0.25) is 0 Å². The standard InChI is InChI=1S/C11H13N3O/c1-12-10-8-14(11(15)13(10)2)9-6-4-3-5-7-9/h3-7H,8H2,1-2H3/b12-10+. The van der Waals surface area contributed by atoms with E-state index in [1.54, 1.807) is 23.9 Å². The molecule has 0 radical (unpaired) electrons. The van der Waals surface area contributed by atoms with Crippen LogP contribution in [0.15, 0.2) is 35.3 Å². The van der Waals surface area contributed by atoms with Crippen LogP contribution < -0.4 is 4.90 Å². The molecule has 1 heterocycles. The minimum absolute atomic E-state index is 0.0261. The van der Waals surface area contributed by atoms with Crippen molar-refractivity contribution >= 4 is 17.6 Å². The molecule has 0 atom stereocenters. The second-order valence-corrected chi connectivity index (χ2v) is 3.40. The molecule has 0 aromatic heterocycles. The van der Waals surface area contributed by atoms with Crippen LogP contribution >= 0.6 is 0 Å². The van der Waals surface area contributed by atoms with Gasteiger partial charge in [-0.2, -0.15) is 0 Å². The first-order valence-electron chi connectivity index (χ1n) is 4.80. The Hall–Kier alpha value is -1.84. The summed E-state index contributed by atoms with van der Waals surface area (Å²) in [6, 6.07) is 9.59. The zero-order valence-corrected chi connectivity index (χ0v) is 8.84. The van der Waals surface area contributed by atoms with Gasteiger partial charge in [-0.15, -0.1) is 0 Å². The van der Waals surface area contributed by atoms with Gasteiger partial charge in [-0.3, -0.25) is 14.8 Å². The third-order valence-corrected chi connectivity index (χ3v) is 2.53. The molecule has 1 fully saturated rings. The molecule has 0 aliphatic carbocycles. The van der Waals surface area contributed by atoms with Gasteiger partial charge in [0.15, 0.2) is 0 Å². The molecule has 1 saturated heterocycles. The van der Waals surface area contributed by atoms with Crippen LogP contribution in [0, 0.1) is 0 Å². The van der Waals surface area contributed by atoms with Crippen molar-refractivity contribution in [3.05, 3.63) is 30.3 Å². The number of benzene rings is 1. The van der Waals surface area contributed by atoms with Crippen molar-refractivity contribution < 1.29 is 4.79 Å². The van der Waals surface area contributed by atoms with Crippen LogP contribution in [-0.2, 0) is 0 Å². The highest BCUT2D eigenvalue weighted by atomic mass is 16.2. The minimum atomic E-state index is -0.0261. The maximum absolute atomic E-state index is 11.8. The van der Waals surface area contributed by atoms with E-state index in [0.29, 0.717) is 6.54 Å². The molecule has 2 amide bonds. The molecule has 0 bridgehead atoms. The molecule has 1 aliphatic rings. The lowest BCUT2D eigenvalue weighted by molar-refractivity contribution is 0.237. The summed E-state index contributed by atoms with van der Waals surface area (Å²) in [7, 11) is 3.45. The van der Waals surface area contributed by atoms with Gasteiger partial charge in [0.25, 0.3) is 0 Å². The van der Waals surface area contributed by atoms with Crippen molar-refractivity contribution in [2.24, 2.45) is 4.99 Å². The smallest absolute Gasteiger partial charge is 0.286 e. The number of anilines is 1. The highest BCUT2D eigenvalue weighted by Gasteiger charge is 2.31. The molecule has 1 aliphatic heterocycles. The predicted molar refractivity (Wildman–Crippen MR) is 60.3 cm³/mol. The average molecular weight is 203 g/mol. The van der Waals surface area contributed by atoms with Crippen LogP contribution in [0.2, 0.25) is 0 Å². The Balaban J connectivity index is 2.31. The van der Waals surface area contributed by atoms with Crippen LogP contribution in [0.5, 0.6) is 0 Å². The van der Waals surface area contributed by atoms with Gasteiger partial charge in [0, 0.05) is 19.8 Å². The number of hydrogen-bond donors (Lipinski definition) is 0. The number of amidine groups is 1. The Morgan fingerprint density at radius 2 is 1.93 bits per heavy atom. The zero-order chi connectivity index (χ0) is 10.8. The van der Waals surface area contributed by atoms with E-state index in [2.05, 4.69) is 4.99 Å². The third kappa shape index (κ3) is 1.58. The van der Waals surface area contributed by atoms with Crippen molar-refractivity contribution in [2.75, 3.05) is 25.5 Å². The summed E-state index contributed by atoms with van der Waals surface area (Å²) in [5.74, 6) is 0.795. The van der Waals surface area contributed by atoms with Gasteiger partial charge in [0.1, 0.15) is 5.84 Å². The molecule has 4 heteroatoms. The summed E-state index contributed by atoms with van der Waals surface area (Å²) >= 11 is 0. The number of carbonyl (C=O) groups excluding carboxylic acids is 1. The minimum Gasteiger partial charge on any atom is -0.286 e. The zero-order valence-electron chi connectivity index (χ0n) is 8.84. The fourth-order valence-corrected chi connectivity index (χ4v) is 1.64. The van der Waals surface area contributed by atoms with Crippen molar-refractivity contribution in [3.8, 4) is 0 Å². The summed E-state index contributed by atoms with van der Waals surface area (Å²) in [6.07, 6.45) is 0. The fourth-order valence-electron chi connectivity index (χ4n) is 1.64. The summed E-state index contributed by atoms with van der Waals surface area (Å²) in [5.41, 5.74) is 0.910. The lowest BCUT2D eigenvalue weighted by Crippen LogP contribution is -2.29. The quantitative estimate of drug-likeness (QED) is 0.682. The number of rotatable bonds is 1. The molecule has 15 heavy (non-hydrogen) atoms. The van der Waals surface area contributed by atoms with E-state index >= 15 is 0 Å². The molecule has 1 aromatic carbocycles. The van der Waals surface area contributed by atoms with Gasteiger partial charge in [0.05, 0.1) is 6.54 Å². The van der Waals surface area contributed by atoms with Crippen molar-refractivity contribution in [1.82, 2.24) is 4.90 Å². The second-order valence-electron chi connectivity index (χ2n) is 3.40. The average Bonchev–Trinajstić information content (AvgIpc) is 2.57. The number of carbonyl (C=O) groups is 1. The number of urea groups is 1. The molecular weight excluding hydrogens is 190 g/mol. The fraction of sp³-hybridized carbons (Fsp3) is 0.273. The molecule has 78 valence electrons. The first kappa shape index (κ1) is 9.71. The third-order valence-electron chi connectivity index (χ3n) is 2.53. The Labute approximate surface area is 88.8 Å². The van der Waals surface area contributed by atoms with Gasteiger partial charge in [-0.25, -0.2) is 4.79 Å². The highest BCUT2D eigenvalue weighted by molar-refractivity contribution is 6.13. The molecule has 0 saturated carbocycles. The Kier molecular flexibility index (Phi) is 2.41. The monoisotopic (exact) mass is 203 g/mol. The molecule has 1 aromatic rings. The lowest BCUT2D eigenvalue weighted by atomic mass is 10.3. The number of aliphatic imine (C=N–C) groups is 1. The molecular formula is C11H13N3O. The maximum Gasteiger partial charge on any atom is 0.330 e. The Bertz CT molecular complexity index is 400. The summed E-state index contributed by atoms with van der Waals surface area (Å²) in [4.78, 5) is 19.2. The number of likely N-dealkylation sites (N-methyl/N-ethyl adjacent to an activating group) is 1. The van der Waals surface area contributed by atoms with Crippen molar-refractivity contribution in [1.29, 1.82) is 0 Å².